The normalized spacial score (nSPS) is 14.9. The Balaban J connectivity index is 1.73. The molecule has 1 aromatic rings. The molecule has 0 unspecified atom stereocenters. The number of aryl methyl sites for hydroxylation is 1. The molecule has 0 aromatic carbocycles. The molecule has 7 heteroatoms. The van der Waals surface area contributed by atoms with Gasteiger partial charge in [0.05, 0.1) is 0 Å². The first-order valence-electron chi connectivity index (χ1n) is 8.55. The van der Waals surface area contributed by atoms with Gasteiger partial charge < -0.3 is 20.3 Å². The largest absolute Gasteiger partial charge is 0.396 e. The van der Waals surface area contributed by atoms with Gasteiger partial charge in [0, 0.05) is 39.1 Å². The van der Waals surface area contributed by atoms with E-state index in [9.17, 15) is 4.79 Å². The predicted molar refractivity (Wildman–Crippen MR) is 88.2 cm³/mol. The minimum absolute atomic E-state index is 0.101. The second-order valence-electron chi connectivity index (χ2n) is 6.99. The summed E-state index contributed by atoms with van der Waals surface area (Å²) in [5, 5.41) is 23.2. The molecule has 0 saturated carbocycles. The number of rotatable bonds is 7. The molecule has 3 N–H and O–H groups in total. The van der Waals surface area contributed by atoms with Crippen LogP contribution in [0.1, 0.15) is 51.2 Å². The zero-order valence-electron chi connectivity index (χ0n) is 14.3. The van der Waals surface area contributed by atoms with Crippen LogP contribution in [0.3, 0.4) is 0 Å². The number of aliphatic hydroxyl groups is 1. The third-order valence-corrected chi connectivity index (χ3v) is 4.34. The first-order valence-corrected chi connectivity index (χ1v) is 8.55. The fourth-order valence-electron chi connectivity index (χ4n) is 2.79. The van der Waals surface area contributed by atoms with Gasteiger partial charge in [-0.15, -0.1) is 10.2 Å². The SMILES string of the molecule is CC(C)(CCO)CNC(=O)NCCc1nnc2n1CCCCC2. The lowest BCUT2D eigenvalue weighted by Gasteiger charge is -2.23. The van der Waals surface area contributed by atoms with Gasteiger partial charge in [0.2, 0.25) is 0 Å². The van der Waals surface area contributed by atoms with Crippen LogP contribution in [0.25, 0.3) is 0 Å². The molecule has 1 aliphatic rings. The average Bonchev–Trinajstić information content (AvgIpc) is 2.73. The summed E-state index contributed by atoms with van der Waals surface area (Å²) in [5.41, 5.74) is -0.101. The smallest absolute Gasteiger partial charge is 0.314 e. The van der Waals surface area contributed by atoms with Crippen molar-refractivity contribution in [3.8, 4) is 0 Å². The number of aromatic nitrogens is 3. The van der Waals surface area contributed by atoms with Gasteiger partial charge in [0.1, 0.15) is 11.6 Å². The fraction of sp³-hybridized carbons (Fsp3) is 0.812. The Morgan fingerprint density at radius 3 is 2.87 bits per heavy atom. The van der Waals surface area contributed by atoms with Crippen LogP contribution in [0.2, 0.25) is 0 Å². The first-order chi connectivity index (χ1) is 11.0. The molecular weight excluding hydrogens is 294 g/mol. The molecule has 7 nitrogen and oxygen atoms in total. The highest BCUT2D eigenvalue weighted by molar-refractivity contribution is 5.73. The molecule has 0 radical (unpaired) electrons. The number of nitrogens with zero attached hydrogens (tertiary/aromatic N) is 3. The molecule has 0 fully saturated rings. The zero-order chi connectivity index (χ0) is 16.7. The van der Waals surface area contributed by atoms with Crippen LogP contribution in [-0.2, 0) is 19.4 Å². The van der Waals surface area contributed by atoms with E-state index in [0.29, 0.717) is 25.9 Å². The highest BCUT2D eigenvalue weighted by atomic mass is 16.3. The van der Waals surface area contributed by atoms with Crippen molar-refractivity contribution in [3.05, 3.63) is 11.6 Å². The van der Waals surface area contributed by atoms with Crippen LogP contribution in [-0.4, -0.2) is 45.6 Å². The zero-order valence-corrected chi connectivity index (χ0v) is 14.3. The molecule has 0 atom stereocenters. The van der Waals surface area contributed by atoms with Crippen molar-refractivity contribution in [2.24, 2.45) is 5.41 Å². The molecule has 1 aliphatic heterocycles. The minimum atomic E-state index is -0.174. The lowest BCUT2D eigenvalue weighted by Crippen LogP contribution is -2.41. The fourth-order valence-corrected chi connectivity index (χ4v) is 2.79. The Hall–Kier alpha value is -1.63. The lowest BCUT2D eigenvalue weighted by atomic mass is 9.90. The number of aliphatic hydroxyl groups excluding tert-OH is 1. The van der Waals surface area contributed by atoms with E-state index in [1.54, 1.807) is 0 Å². The molecule has 2 rings (SSSR count). The van der Waals surface area contributed by atoms with Crippen LogP contribution >= 0.6 is 0 Å². The Morgan fingerprint density at radius 1 is 1.26 bits per heavy atom. The van der Waals surface area contributed by atoms with Gasteiger partial charge in [0.25, 0.3) is 0 Å². The Morgan fingerprint density at radius 2 is 2.09 bits per heavy atom. The van der Waals surface area contributed by atoms with E-state index in [4.69, 9.17) is 5.11 Å². The number of carbonyl (C=O) groups excluding carboxylic acids is 1. The maximum Gasteiger partial charge on any atom is 0.314 e. The van der Waals surface area contributed by atoms with Crippen LogP contribution in [0.4, 0.5) is 4.79 Å². The third-order valence-electron chi connectivity index (χ3n) is 4.34. The highest BCUT2D eigenvalue weighted by Crippen LogP contribution is 2.17. The van der Waals surface area contributed by atoms with E-state index in [1.807, 2.05) is 13.8 Å². The van der Waals surface area contributed by atoms with E-state index >= 15 is 0 Å². The maximum atomic E-state index is 11.8. The molecule has 23 heavy (non-hydrogen) atoms. The molecule has 0 spiro atoms. The first kappa shape index (κ1) is 17.7. The highest BCUT2D eigenvalue weighted by Gasteiger charge is 2.18. The summed E-state index contributed by atoms with van der Waals surface area (Å²) in [6.07, 6.45) is 5.96. The van der Waals surface area contributed by atoms with Gasteiger partial charge >= 0.3 is 6.03 Å². The van der Waals surface area contributed by atoms with Crippen molar-refractivity contribution >= 4 is 6.03 Å². The number of hydrogen-bond donors (Lipinski definition) is 3. The molecule has 130 valence electrons. The minimum Gasteiger partial charge on any atom is -0.396 e. The van der Waals surface area contributed by atoms with Crippen molar-refractivity contribution < 1.29 is 9.90 Å². The van der Waals surface area contributed by atoms with Gasteiger partial charge in [-0.1, -0.05) is 20.3 Å². The van der Waals surface area contributed by atoms with Crippen LogP contribution in [0, 0.1) is 5.41 Å². The summed E-state index contributed by atoms with van der Waals surface area (Å²) in [7, 11) is 0. The van der Waals surface area contributed by atoms with Crippen molar-refractivity contribution in [2.75, 3.05) is 19.7 Å². The summed E-state index contributed by atoms with van der Waals surface area (Å²) in [4.78, 5) is 11.8. The number of nitrogens with one attached hydrogen (secondary N) is 2. The molecular formula is C16H29N5O2. The average molecular weight is 323 g/mol. The lowest BCUT2D eigenvalue weighted by molar-refractivity contribution is 0.201. The molecule has 2 amide bonds. The van der Waals surface area contributed by atoms with Crippen molar-refractivity contribution in [1.29, 1.82) is 0 Å². The number of carbonyl (C=O) groups is 1. The molecule has 0 saturated heterocycles. The van der Waals surface area contributed by atoms with Gasteiger partial charge in [-0.3, -0.25) is 0 Å². The Bertz CT molecular complexity index is 513. The molecule has 0 aliphatic carbocycles. The maximum absolute atomic E-state index is 11.8. The number of fused-ring (bicyclic) bond motifs is 1. The van der Waals surface area contributed by atoms with Crippen LogP contribution in [0.15, 0.2) is 0 Å². The van der Waals surface area contributed by atoms with E-state index in [2.05, 4.69) is 25.4 Å². The summed E-state index contributed by atoms with van der Waals surface area (Å²) >= 11 is 0. The monoisotopic (exact) mass is 323 g/mol. The van der Waals surface area contributed by atoms with E-state index < -0.39 is 0 Å². The van der Waals surface area contributed by atoms with Gasteiger partial charge in [0.15, 0.2) is 0 Å². The van der Waals surface area contributed by atoms with Crippen LogP contribution < -0.4 is 10.6 Å². The molecule has 1 aromatic heterocycles. The predicted octanol–water partition coefficient (Wildman–Crippen LogP) is 1.25. The van der Waals surface area contributed by atoms with E-state index in [0.717, 1.165) is 24.6 Å². The van der Waals surface area contributed by atoms with Gasteiger partial charge in [-0.05, 0) is 24.7 Å². The second kappa shape index (κ2) is 8.29. The Kier molecular flexibility index (Phi) is 6.38. The quantitative estimate of drug-likeness (QED) is 0.704. The topological polar surface area (TPSA) is 92.1 Å². The van der Waals surface area contributed by atoms with E-state index in [1.165, 1.54) is 19.3 Å². The molecule has 0 bridgehead atoms. The standard InChI is InChI=1S/C16H29N5O2/c1-16(2,8-11-22)12-18-15(23)17-9-7-14-20-19-13-6-4-3-5-10-21(13)14/h22H,3-12H2,1-2H3,(H2,17,18,23). The van der Waals surface area contributed by atoms with Gasteiger partial charge in [-0.25, -0.2) is 4.79 Å². The van der Waals surface area contributed by atoms with Crippen molar-refractivity contribution in [1.82, 2.24) is 25.4 Å². The number of urea groups is 1. The summed E-state index contributed by atoms with van der Waals surface area (Å²) < 4.78 is 2.21. The summed E-state index contributed by atoms with van der Waals surface area (Å²) in [6, 6.07) is -0.174. The Labute approximate surface area is 137 Å². The summed E-state index contributed by atoms with van der Waals surface area (Å²) in [5.74, 6) is 2.04. The number of amides is 2. The molecule has 2 heterocycles. The second-order valence-corrected chi connectivity index (χ2v) is 6.99. The van der Waals surface area contributed by atoms with Crippen molar-refractivity contribution in [3.63, 3.8) is 0 Å². The van der Waals surface area contributed by atoms with Gasteiger partial charge in [-0.2, -0.15) is 0 Å². The van der Waals surface area contributed by atoms with Crippen molar-refractivity contribution in [2.45, 2.75) is 58.9 Å². The third kappa shape index (κ3) is 5.49. The summed E-state index contributed by atoms with van der Waals surface area (Å²) in [6.45, 7) is 6.25. The van der Waals surface area contributed by atoms with E-state index in [-0.39, 0.29) is 18.1 Å². The number of hydrogen-bond acceptors (Lipinski definition) is 4. The van der Waals surface area contributed by atoms with Crippen LogP contribution in [0.5, 0.6) is 0 Å².